The number of aryl methyl sites for hydroxylation is 2. The predicted molar refractivity (Wildman–Crippen MR) is 94.5 cm³/mol. The summed E-state index contributed by atoms with van der Waals surface area (Å²) in [6, 6.07) is 6.13. The number of nitrogens with two attached hydrogens (primary N) is 1. The lowest BCUT2D eigenvalue weighted by Crippen LogP contribution is -2.43. The first-order chi connectivity index (χ1) is 10.8. The van der Waals surface area contributed by atoms with Gasteiger partial charge in [-0.1, -0.05) is 13.8 Å². The van der Waals surface area contributed by atoms with E-state index in [1.54, 1.807) is 0 Å². The molecule has 0 aliphatic rings. The molecular formula is C19H27N3O. The smallest absolute Gasteiger partial charge is 0.216 e. The standard InChI is InChI=1S/C19H27N3O/c1-13(2)10-19(5,20)12-23-18-14(3)8-17(11-22-18)16-6-7-21-15(4)9-16/h6-9,11,13H,10,12,20H2,1-5H3/t19-/m0/s1. The van der Waals surface area contributed by atoms with Gasteiger partial charge in [0.1, 0.15) is 6.61 Å². The van der Waals surface area contributed by atoms with Crippen LogP contribution in [0.2, 0.25) is 0 Å². The normalized spacial score (nSPS) is 13.9. The zero-order valence-electron chi connectivity index (χ0n) is 14.8. The van der Waals surface area contributed by atoms with Crippen molar-refractivity contribution in [3.05, 3.63) is 41.9 Å². The summed E-state index contributed by atoms with van der Waals surface area (Å²) in [6.07, 6.45) is 4.57. The van der Waals surface area contributed by atoms with Gasteiger partial charge in [0, 0.05) is 34.8 Å². The van der Waals surface area contributed by atoms with E-state index in [2.05, 4.69) is 35.9 Å². The fourth-order valence-electron chi connectivity index (χ4n) is 2.82. The predicted octanol–water partition coefficient (Wildman–Crippen LogP) is 3.90. The van der Waals surface area contributed by atoms with E-state index in [4.69, 9.17) is 10.5 Å². The number of nitrogens with zero attached hydrogens (tertiary/aromatic N) is 2. The molecule has 1 atom stereocenters. The molecule has 4 nitrogen and oxygen atoms in total. The molecule has 0 radical (unpaired) electrons. The largest absolute Gasteiger partial charge is 0.476 e. The Hall–Kier alpha value is -1.94. The molecular weight excluding hydrogens is 286 g/mol. The van der Waals surface area contributed by atoms with Gasteiger partial charge in [0.2, 0.25) is 5.88 Å². The van der Waals surface area contributed by atoms with E-state index in [0.717, 1.165) is 28.8 Å². The van der Waals surface area contributed by atoms with E-state index in [-0.39, 0.29) is 5.54 Å². The van der Waals surface area contributed by atoms with E-state index in [1.165, 1.54) is 0 Å². The zero-order chi connectivity index (χ0) is 17.0. The molecule has 0 spiro atoms. The van der Waals surface area contributed by atoms with Gasteiger partial charge >= 0.3 is 0 Å². The first-order valence-electron chi connectivity index (χ1n) is 8.08. The Balaban J connectivity index is 2.11. The Morgan fingerprint density at radius 2 is 1.91 bits per heavy atom. The Morgan fingerprint density at radius 1 is 1.17 bits per heavy atom. The molecule has 0 bridgehead atoms. The average Bonchev–Trinajstić information content (AvgIpc) is 2.44. The lowest BCUT2D eigenvalue weighted by atomic mass is 9.93. The third-order valence-electron chi connectivity index (χ3n) is 3.67. The third kappa shape index (κ3) is 5.03. The summed E-state index contributed by atoms with van der Waals surface area (Å²) < 4.78 is 5.87. The highest BCUT2D eigenvalue weighted by Crippen LogP contribution is 2.25. The number of pyridine rings is 2. The summed E-state index contributed by atoms with van der Waals surface area (Å²) in [6.45, 7) is 10.8. The van der Waals surface area contributed by atoms with Crippen molar-refractivity contribution in [1.29, 1.82) is 0 Å². The summed E-state index contributed by atoms with van der Waals surface area (Å²) in [5.74, 6) is 1.19. The Morgan fingerprint density at radius 3 is 2.52 bits per heavy atom. The fraction of sp³-hybridized carbons (Fsp3) is 0.474. The van der Waals surface area contributed by atoms with Crippen LogP contribution in [0.1, 0.15) is 38.4 Å². The van der Waals surface area contributed by atoms with Gasteiger partial charge < -0.3 is 10.5 Å². The van der Waals surface area contributed by atoms with E-state index < -0.39 is 0 Å². The number of hydrogen-bond acceptors (Lipinski definition) is 4. The van der Waals surface area contributed by atoms with E-state index in [9.17, 15) is 0 Å². The van der Waals surface area contributed by atoms with Crippen molar-refractivity contribution in [2.75, 3.05) is 6.61 Å². The summed E-state index contributed by atoms with van der Waals surface area (Å²) in [7, 11) is 0. The number of aromatic nitrogens is 2. The van der Waals surface area contributed by atoms with Crippen molar-refractivity contribution in [3.8, 4) is 17.0 Å². The molecule has 2 heterocycles. The minimum absolute atomic E-state index is 0.344. The van der Waals surface area contributed by atoms with Gasteiger partial charge in [-0.2, -0.15) is 0 Å². The lowest BCUT2D eigenvalue weighted by Gasteiger charge is -2.26. The van der Waals surface area contributed by atoms with Crippen LogP contribution in [0.3, 0.4) is 0 Å². The summed E-state index contributed by atoms with van der Waals surface area (Å²) in [5.41, 5.74) is 10.1. The van der Waals surface area contributed by atoms with Gasteiger partial charge in [-0.05, 0) is 56.9 Å². The number of rotatable bonds is 6. The molecule has 0 aliphatic carbocycles. The van der Waals surface area contributed by atoms with Crippen molar-refractivity contribution in [1.82, 2.24) is 9.97 Å². The minimum atomic E-state index is -0.344. The van der Waals surface area contributed by atoms with Gasteiger partial charge in [-0.3, -0.25) is 4.98 Å². The highest BCUT2D eigenvalue weighted by Gasteiger charge is 2.21. The molecule has 0 fully saturated rings. The van der Waals surface area contributed by atoms with Crippen LogP contribution in [0.5, 0.6) is 5.88 Å². The topological polar surface area (TPSA) is 61.0 Å². The van der Waals surface area contributed by atoms with Crippen LogP contribution in [0.25, 0.3) is 11.1 Å². The van der Waals surface area contributed by atoms with Crippen LogP contribution in [0, 0.1) is 19.8 Å². The van der Waals surface area contributed by atoms with Gasteiger partial charge in [0.05, 0.1) is 0 Å². The molecule has 0 aromatic carbocycles. The SMILES string of the molecule is Cc1cc(-c2cnc(OC[C@@](C)(N)CC(C)C)c(C)c2)ccn1. The molecule has 2 rings (SSSR count). The van der Waals surface area contributed by atoms with E-state index in [1.807, 2.05) is 39.2 Å². The van der Waals surface area contributed by atoms with Gasteiger partial charge in [0.15, 0.2) is 0 Å². The van der Waals surface area contributed by atoms with Crippen LogP contribution >= 0.6 is 0 Å². The minimum Gasteiger partial charge on any atom is -0.476 e. The molecule has 0 saturated heterocycles. The Bertz CT molecular complexity index is 665. The molecule has 2 N–H and O–H groups in total. The maximum absolute atomic E-state index is 6.29. The molecule has 0 aliphatic heterocycles. The molecule has 124 valence electrons. The second-order valence-electron chi connectivity index (χ2n) is 7.07. The quantitative estimate of drug-likeness (QED) is 0.878. The average molecular weight is 313 g/mol. The summed E-state index contributed by atoms with van der Waals surface area (Å²) in [4.78, 5) is 8.69. The van der Waals surface area contributed by atoms with Crippen molar-refractivity contribution in [2.24, 2.45) is 11.7 Å². The molecule has 0 amide bonds. The maximum Gasteiger partial charge on any atom is 0.216 e. The van der Waals surface area contributed by atoms with Crippen LogP contribution in [-0.4, -0.2) is 22.1 Å². The van der Waals surface area contributed by atoms with Crippen LogP contribution in [0.4, 0.5) is 0 Å². The van der Waals surface area contributed by atoms with Gasteiger partial charge in [-0.15, -0.1) is 0 Å². The molecule has 0 saturated carbocycles. The molecule has 2 aromatic heterocycles. The van der Waals surface area contributed by atoms with Crippen LogP contribution in [0.15, 0.2) is 30.6 Å². The lowest BCUT2D eigenvalue weighted by molar-refractivity contribution is 0.199. The monoisotopic (exact) mass is 313 g/mol. The Labute approximate surface area is 139 Å². The second-order valence-corrected chi connectivity index (χ2v) is 7.07. The summed E-state index contributed by atoms with van der Waals surface area (Å²) in [5, 5.41) is 0. The fourth-order valence-corrected chi connectivity index (χ4v) is 2.82. The van der Waals surface area contributed by atoms with Crippen LogP contribution < -0.4 is 10.5 Å². The van der Waals surface area contributed by atoms with Crippen molar-refractivity contribution < 1.29 is 4.74 Å². The van der Waals surface area contributed by atoms with E-state index in [0.29, 0.717) is 18.4 Å². The summed E-state index contributed by atoms with van der Waals surface area (Å²) >= 11 is 0. The maximum atomic E-state index is 6.29. The van der Waals surface area contributed by atoms with Crippen molar-refractivity contribution in [3.63, 3.8) is 0 Å². The highest BCUT2D eigenvalue weighted by molar-refractivity contribution is 5.63. The molecule has 0 unspecified atom stereocenters. The van der Waals surface area contributed by atoms with Crippen molar-refractivity contribution in [2.45, 2.75) is 46.6 Å². The van der Waals surface area contributed by atoms with Gasteiger partial charge in [-0.25, -0.2) is 4.98 Å². The highest BCUT2D eigenvalue weighted by atomic mass is 16.5. The molecule has 23 heavy (non-hydrogen) atoms. The van der Waals surface area contributed by atoms with E-state index >= 15 is 0 Å². The zero-order valence-corrected chi connectivity index (χ0v) is 14.8. The van der Waals surface area contributed by atoms with Crippen molar-refractivity contribution >= 4 is 0 Å². The van der Waals surface area contributed by atoms with Crippen LogP contribution in [-0.2, 0) is 0 Å². The number of ether oxygens (including phenoxy) is 1. The first kappa shape index (κ1) is 17.4. The second kappa shape index (κ2) is 7.09. The first-order valence-corrected chi connectivity index (χ1v) is 8.08. The van der Waals surface area contributed by atoms with Gasteiger partial charge in [0.25, 0.3) is 0 Å². The molecule has 2 aromatic rings. The molecule has 4 heteroatoms. The third-order valence-corrected chi connectivity index (χ3v) is 3.67. The number of hydrogen-bond donors (Lipinski definition) is 1. The Kier molecular flexibility index (Phi) is 5.37.